The molecule has 0 bridgehead atoms. The second kappa shape index (κ2) is 13.7. The molecule has 1 aromatic rings. The standard InChI is InChI=1S/C21H38NO/c1-4-7-14-21-20(15-19-23-21)13-11-10-12-18-22(16-8-5-2)17-9-6-3/h15,19H,1,4-14,16-18H2,2-3H3. The number of furan rings is 1. The van der Waals surface area contributed by atoms with Gasteiger partial charge >= 0.3 is 0 Å². The zero-order valence-electron chi connectivity index (χ0n) is 15.6. The van der Waals surface area contributed by atoms with Gasteiger partial charge in [0.05, 0.1) is 6.26 Å². The highest BCUT2D eigenvalue weighted by Crippen LogP contribution is 2.17. The summed E-state index contributed by atoms with van der Waals surface area (Å²) in [5.41, 5.74) is 1.42. The highest BCUT2D eigenvalue weighted by molar-refractivity contribution is 5.17. The Balaban J connectivity index is 2.18. The Morgan fingerprint density at radius 2 is 1.57 bits per heavy atom. The normalized spacial score (nSPS) is 11.5. The smallest absolute Gasteiger partial charge is 0.106 e. The van der Waals surface area contributed by atoms with E-state index in [0.717, 1.165) is 19.3 Å². The van der Waals surface area contributed by atoms with Gasteiger partial charge in [-0.3, -0.25) is 0 Å². The molecule has 0 aliphatic heterocycles. The van der Waals surface area contributed by atoms with Crippen LogP contribution in [0.4, 0.5) is 0 Å². The number of rotatable bonds is 15. The summed E-state index contributed by atoms with van der Waals surface area (Å²) in [6.45, 7) is 12.3. The summed E-state index contributed by atoms with van der Waals surface area (Å²) >= 11 is 0. The summed E-state index contributed by atoms with van der Waals surface area (Å²) in [5.74, 6) is 1.20. The molecule has 0 saturated carbocycles. The van der Waals surface area contributed by atoms with Gasteiger partial charge in [-0.2, -0.15) is 0 Å². The number of hydrogen-bond acceptors (Lipinski definition) is 2. The monoisotopic (exact) mass is 320 g/mol. The van der Waals surface area contributed by atoms with Crippen LogP contribution >= 0.6 is 0 Å². The SMILES string of the molecule is [CH2]CCCc1occc1CCCCCN(CCCC)CCCC. The zero-order valence-corrected chi connectivity index (χ0v) is 15.6. The molecule has 0 fully saturated rings. The Bertz CT molecular complexity index is 364. The van der Waals surface area contributed by atoms with Crippen LogP contribution in [-0.2, 0) is 12.8 Å². The quantitative estimate of drug-likeness (QED) is 0.366. The maximum absolute atomic E-state index is 5.61. The van der Waals surface area contributed by atoms with Crippen molar-refractivity contribution in [2.24, 2.45) is 0 Å². The summed E-state index contributed by atoms with van der Waals surface area (Å²) in [7, 11) is 0. The molecule has 0 amide bonds. The lowest BCUT2D eigenvalue weighted by molar-refractivity contribution is 0.259. The molecule has 2 heteroatoms. The van der Waals surface area contributed by atoms with E-state index >= 15 is 0 Å². The lowest BCUT2D eigenvalue weighted by Crippen LogP contribution is -2.27. The van der Waals surface area contributed by atoms with Crippen molar-refractivity contribution in [3.05, 3.63) is 30.6 Å². The Morgan fingerprint density at radius 1 is 0.870 bits per heavy atom. The molecule has 0 unspecified atom stereocenters. The Kier molecular flexibility index (Phi) is 12.0. The third-order valence-corrected chi connectivity index (χ3v) is 4.57. The highest BCUT2D eigenvalue weighted by atomic mass is 16.3. The first-order valence-corrected chi connectivity index (χ1v) is 9.88. The lowest BCUT2D eigenvalue weighted by Gasteiger charge is -2.21. The van der Waals surface area contributed by atoms with Gasteiger partial charge in [0.1, 0.15) is 5.76 Å². The van der Waals surface area contributed by atoms with Gasteiger partial charge in [0.25, 0.3) is 0 Å². The van der Waals surface area contributed by atoms with E-state index in [1.54, 1.807) is 0 Å². The third kappa shape index (κ3) is 9.20. The van der Waals surface area contributed by atoms with Crippen LogP contribution in [0, 0.1) is 6.92 Å². The Hall–Kier alpha value is -0.760. The first-order valence-electron chi connectivity index (χ1n) is 9.88. The molecule has 0 spiro atoms. The van der Waals surface area contributed by atoms with Crippen LogP contribution in [0.25, 0.3) is 0 Å². The summed E-state index contributed by atoms with van der Waals surface area (Å²) in [6, 6.07) is 2.16. The third-order valence-electron chi connectivity index (χ3n) is 4.57. The maximum atomic E-state index is 5.61. The number of nitrogens with zero attached hydrogens (tertiary/aromatic N) is 1. The molecule has 0 aliphatic carbocycles. The number of unbranched alkanes of at least 4 members (excludes halogenated alkanes) is 5. The molecular formula is C21H38NO. The lowest BCUT2D eigenvalue weighted by atomic mass is 10.0. The van der Waals surface area contributed by atoms with Crippen molar-refractivity contribution < 1.29 is 4.42 Å². The van der Waals surface area contributed by atoms with Crippen LogP contribution in [0.1, 0.15) is 83.0 Å². The summed E-state index contributed by atoms with van der Waals surface area (Å²) in [4.78, 5) is 2.67. The van der Waals surface area contributed by atoms with Crippen molar-refractivity contribution in [2.45, 2.75) is 84.5 Å². The minimum absolute atomic E-state index is 0.992. The average molecular weight is 321 g/mol. The van der Waals surface area contributed by atoms with Gasteiger partial charge in [-0.25, -0.2) is 0 Å². The van der Waals surface area contributed by atoms with E-state index in [4.69, 9.17) is 4.42 Å². The molecule has 133 valence electrons. The molecule has 1 rings (SSSR count). The summed E-state index contributed by atoms with van der Waals surface area (Å²) < 4.78 is 5.61. The zero-order chi connectivity index (χ0) is 16.8. The fraction of sp³-hybridized carbons (Fsp3) is 0.762. The second-order valence-corrected chi connectivity index (χ2v) is 6.69. The van der Waals surface area contributed by atoms with Gasteiger partial charge in [0.15, 0.2) is 0 Å². The maximum Gasteiger partial charge on any atom is 0.106 e. The van der Waals surface area contributed by atoms with E-state index in [1.165, 1.54) is 82.3 Å². The van der Waals surface area contributed by atoms with Gasteiger partial charge < -0.3 is 9.32 Å². The molecule has 1 heterocycles. The number of aryl methyl sites for hydroxylation is 2. The van der Waals surface area contributed by atoms with Crippen molar-refractivity contribution in [2.75, 3.05) is 19.6 Å². The van der Waals surface area contributed by atoms with E-state index in [9.17, 15) is 0 Å². The van der Waals surface area contributed by atoms with Crippen LogP contribution in [0.3, 0.4) is 0 Å². The molecule has 0 N–H and O–H groups in total. The minimum Gasteiger partial charge on any atom is -0.469 e. The predicted octanol–water partition coefficient (Wildman–Crippen LogP) is 6.05. The topological polar surface area (TPSA) is 16.4 Å². The predicted molar refractivity (Wildman–Crippen MR) is 101 cm³/mol. The van der Waals surface area contributed by atoms with Crippen molar-refractivity contribution in [3.8, 4) is 0 Å². The van der Waals surface area contributed by atoms with Gasteiger partial charge in [-0.15, -0.1) is 0 Å². The van der Waals surface area contributed by atoms with E-state index in [2.05, 4.69) is 31.7 Å². The van der Waals surface area contributed by atoms with E-state index < -0.39 is 0 Å². The van der Waals surface area contributed by atoms with Gasteiger partial charge in [0, 0.05) is 6.42 Å². The van der Waals surface area contributed by atoms with Crippen molar-refractivity contribution in [3.63, 3.8) is 0 Å². The fourth-order valence-corrected chi connectivity index (χ4v) is 3.02. The molecule has 1 radical (unpaired) electrons. The summed E-state index contributed by atoms with van der Waals surface area (Å²) in [6.07, 6.45) is 15.4. The van der Waals surface area contributed by atoms with Crippen LogP contribution in [-0.4, -0.2) is 24.5 Å². The molecule has 0 saturated heterocycles. The molecule has 0 aromatic carbocycles. The fourth-order valence-electron chi connectivity index (χ4n) is 3.02. The van der Waals surface area contributed by atoms with Crippen LogP contribution in [0.5, 0.6) is 0 Å². The average Bonchev–Trinajstić information content (AvgIpc) is 3.01. The Morgan fingerprint density at radius 3 is 2.22 bits per heavy atom. The molecule has 0 aliphatic rings. The van der Waals surface area contributed by atoms with Gasteiger partial charge in [-0.05, 0) is 69.8 Å². The van der Waals surface area contributed by atoms with E-state index in [0.29, 0.717) is 0 Å². The highest BCUT2D eigenvalue weighted by Gasteiger charge is 2.07. The molecule has 23 heavy (non-hydrogen) atoms. The molecule has 2 nitrogen and oxygen atoms in total. The van der Waals surface area contributed by atoms with Crippen molar-refractivity contribution in [1.82, 2.24) is 4.90 Å². The Labute approximate surface area is 144 Å². The number of hydrogen-bond donors (Lipinski definition) is 0. The van der Waals surface area contributed by atoms with Crippen molar-refractivity contribution in [1.29, 1.82) is 0 Å². The first kappa shape index (κ1) is 20.3. The molecular weight excluding hydrogens is 282 g/mol. The molecule has 1 aromatic heterocycles. The largest absolute Gasteiger partial charge is 0.469 e. The van der Waals surface area contributed by atoms with Gasteiger partial charge in [0.2, 0.25) is 0 Å². The minimum atomic E-state index is 0.992. The molecule has 0 atom stereocenters. The van der Waals surface area contributed by atoms with Crippen LogP contribution < -0.4 is 0 Å². The van der Waals surface area contributed by atoms with Crippen LogP contribution in [0.2, 0.25) is 0 Å². The second-order valence-electron chi connectivity index (χ2n) is 6.69. The van der Waals surface area contributed by atoms with E-state index in [-0.39, 0.29) is 0 Å². The summed E-state index contributed by atoms with van der Waals surface area (Å²) in [5, 5.41) is 0. The van der Waals surface area contributed by atoms with Crippen molar-refractivity contribution >= 4 is 0 Å². The van der Waals surface area contributed by atoms with Crippen LogP contribution in [0.15, 0.2) is 16.7 Å². The van der Waals surface area contributed by atoms with E-state index in [1.807, 2.05) is 6.26 Å². The van der Waals surface area contributed by atoms with Gasteiger partial charge in [-0.1, -0.05) is 46.5 Å². The first-order chi connectivity index (χ1) is 11.3.